The average molecular weight is 356 g/mol. The van der Waals surface area contributed by atoms with Gasteiger partial charge in [-0.3, -0.25) is 0 Å². The number of allylic oxidation sites excluding steroid dienone is 2. The fourth-order valence-electron chi connectivity index (χ4n) is 3.17. The van der Waals surface area contributed by atoms with Gasteiger partial charge in [0.05, 0.1) is 25.2 Å². The number of carbonyl (C=O) groups excluding carboxylic acids is 1. The summed E-state index contributed by atoms with van der Waals surface area (Å²) in [5, 5.41) is 9.68. The number of nitrogens with two attached hydrogens (primary N) is 1. The minimum absolute atomic E-state index is 0.0234. The Labute approximate surface area is 153 Å². The Kier molecular flexibility index (Phi) is 5.93. The van der Waals surface area contributed by atoms with Crippen LogP contribution in [-0.4, -0.2) is 19.7 Å². The number of methoxy groups -OCH3 is 1. The molecule has 0 spiro atoms. The molecule has 2 N–H and O–H groups in total. The van der Waals surface area contributed by atoms with Crippen molar-refractivity contribution < 1.29 is 19.0 Å². The summed E-state index contributed by atoms with van der Waals surface area (Å²) in [6, 6.07) is 5.79. The highest BCUT2D eigenvalue weighted by atomic mass is 16.5. The molecule has 6 nitrogen and oxygen atoms in total. The molecule has 0 aliphatic carbocycles. The molecule has 1 aliphatic heterocycles. The van der Waals surface area contributed by atoms with Crippen molar-refractivity contribution in [2.24, 2.45) is 5.73 Å². The molecule has 0 amide bonds. The molecule has 1 atom stereocenters. The quantitative estimate of drug-likeness (QED) is 0.813. The third kappa shape index (κ3) is 3.25. The van der Waals surface area contributed by atoms with Crippen molar-refractivity contribution >= 4 is 5.97 Å². The van der Waals surface area contributed by atoms with Crippen molar-refractivity contribution in [3.63, 3.8) is 0 Å². The largest absolute Gasteiger partial charge is 0.496 e. The van der Waals surface area contributed by atoms with Crippen molar-refractivity contribution in [1.29, 1.82) is 5.26 Å². The number of nitriles is 1. The minimum Gasteiger partial charge on any atom is -0.496 e. The molecule has 2 rings (SSSR count). The highest BCUT2D eigenvalue weighted by Gasteiger charge is 2.38. The number of carbonyl (C=O) groups is 1. The van der Waals surface area contributed by atoms with E-state index in [2.05, 4.69) is 6.07 Å². The topological polar surface area (TPSA) is 94.6 Å². The van der Waals surface area contributed by atoms with Gasteiger partial charge in [0, 0.05) is 6.42 Å². The van der Waals surface area contributed by atoms with Gasteiger partial charge in [-0.2, -0.15) is 5.26 Å². The van der Waals surface area contributed by atoms with E-state index in [-0.39, 0.29) is 18.1 Å². The van der Waals surface area contributed by atoms with Crippen molar-refractivity contribution in [3.8, 4) is 11.8 Å². The number of nitrogens with zero attached hydrogens (tertiary/aromatic N) is 1. The predicted octanol–water partition coefficient (Wildman–Crippen LogP) is 3.35. The number of hydrogen-bond donors (Lipinski definition) is 1. The maximum atomic E-state index is 12.7. The molecule has 1 unspecified atom stereocenters. The summed E-state index contributed by atoms with van der Waals surface area (Å²) in [6.45, 7) is 7.70. The fraction of sp³-hybridized carbons (Fsp3) is 0.400. The van der Waals surface area contributed by atoms with E-state index < -0.39 is 11.9 Å². The van der Waals surface area contributed by atoms with Gasteiger partial charge in [-0.15, -0.1) is 0 Å². The first-order valence-corrected chi connectivity index (χ1v) is 8.52. The maximum Gasteiger partial charge on any atom is 0.338 e. The Bertz CT molecular complexity index is 831. The van der Waals surface area contributed by atoms with E-state index in [4.69, 9.17) is 19.9 Å². The van der Waals surface area contributed by atoms with Gasteiger partial charge in [-0.05, 0) is 43.5 Å². The van der Waals surface area contributed by atoms with Crippen LogP contribution in [0.4, 0.5) is 0 Å². The lowest BCUT2D eigenvalue weighted by molar-refractivity contribution is -0.139. The van der Waals surface area contributed by atoms with Crippen LogP contribution in [0.15, 0.2) is 34.9 Å². The zero-order valence-electron chi connectivity index (χ0n) is 15.8. The summed E-state index contributed by atoms with van der Waals surface area (Å²) in [5.41, 5.74) is 9.19. The SMILES string of the molecule is CCOC(=O)C1=C(CC)OC(N)=C(C#N)C1c1ccc(OC)c(C)c1C. The number of ether oxygens (including phenoxy) is 3. The van der Waals surface area contributed by atoms with Crippen molar-refractivity contribution in [2.45, 2.75) is 40.0 Å². The Hall–Kier alpha value is -2.94. The average Bonchev–Trinajstić information content (AvgIpc) is 2.63. The van der Waals surface area contributed by atoms with Crippen LogP contribution in [0.2, 0.25) is 0 Å². The summed E-state index contributed by atoms with van der Waals surface area (Å²) in [6.07, 6.45) is 0.457. The lowest BCUT2D eigenvalue weighted by atomic mass is 9.80. The van der Waals surface area contributed by atoms with Crippen LogP contribution < -0.4 is 10.5 Å². The van der Waals surface area contributed by atoms with Crippen LogP contribution in [0.1, 0.15) is 42.9 Å². The van der Waals surface area contributed by atoms with Crippen LogP contribution in [0.3, 0.4) is 0 Å². The second-order valence-electron chi connectivity index (χ2n) is 5.94. The van der Waals surface area contributed by atoms with Crippen LogP contribution in [0, 0.1) is 25.2 Å². The fourth-order valence-corrected chi connectivity index (χ4v) is 3.17. The van der Waals surface area contributed by atoms with Gasteiger partial charge in [0.25, 0.3) is 0 Å². The highest BCUT2D eigenvalue weighted by Crippen LogP contribution is 2.43. The Morgan fingerprint density at radius 3 is 2.54 bits per heavy atom. The highest BCUT2D eigenvalue weighted by molar-refractivity contribution is 5.92. The van der Waals surface area contributed by atoms with E-state index in [0.29, 0.717) is 17.8 Å². The van der Waals surface area contributed by atoms with Crippen LogP contribution >= 0.6 is 0 Å². The van der Waals surface area contributed by atoms with Crippen LogP contribution in [0.25, 0.3) is 0 Å². The van der Waals surface area contributed by atoms with Crippen LogP contribution in [0.5, 0.6) is 5.75 Å². The zero-order chi connectivity index (χ0) is 19.4. The lowest BCUT2D eigenvalue weighted by Gasteiger charge is -2.29. The Morgan fingerprint density at radius 2 is 2.00 bits per heavy atom. The molecular weight excluding hydrogens is 332 g/mol. The van der Waals surface area contributed by atoms with E-state index >= 15 is 0 Å². The first-order valence-electron chi connectivity index (χ1n) is 8.52. The Balaban J connectivity index is 2.75. The predicted molar refractivity (Wildman–Crippen MR) is 97.1 cm³/mol. The minimum atomic E-state index is -0.632. The molecule has 0 radical (unpaired) electrons. The summed E-state index contributed by atoms with van der Waals surface area (Å²) in [7, 11) is 1.60. The lowest BCUT2D eigenvalue weighted by Crippen LogP contribution is -2.26. The second-order valence-corrected chi connectivity index (χ2v) is 5.94. The second kappa shape index (κ2) is 7.96. The third-order valence-corrected chi connectivity index (χ3v) is 4.62. The number of esters is 1. The van der Waals surface area contributed by atoms with E-state index in [1.807, 2.05) is 32.9 Å². The molecule has 138 valence electrons. The van der Waals surface area contributed by atoms with Gasteiger partial charge in [0.1, 0.15) is 23.2 Å². The maximum absolute atomic E-state index is 12.7. The first-order chi connectivity index (χ1) is 12.4. The van der Waals surface area contributed by atoms with Gasteiger partial charge >= 0.3 is 5.97 Å². The molecule has 6 heteroatoms. The summed E-state index contributed by atoms with van der Waals surface area (Å²) >= 11 is 0. The Morgan fingerprint density at radius 1 is 1.31 bits per heavy atom. The van der Waals surface area contributed by atoms with Gasteiger partial charge in [0.15, 0.2) is 0 Å². The van der Waals surface area contributed by atoms with E-state index in [9.17, 15) is 10.1 Å². The van der Waals surface area contributed by atoms with Crippen molar-refractivity contribution in [1.82, 2.24) is 0 Å². The molecule has 0 fully saturated rings. The van der Waals surface area contributed by atoms with Crippen molar-refractivity contribution in [3.05, 3.63) is 51.6 Å². The molecule has 1 heterocycles. The van der Waals surface area contributed by atoms with E-state index in [1.54, 1.807) is 14.0 Å². The molecule has 0 bridgehead atoms. The smallest absolute Gasteiger partial charge is 0.338 e. The molecule has 26 heavy (non-hydrogen) atoms. The molecule has 1 aliphatic rings. The molecule has 1 aromatic rings. The van der Waals surface area contributed by atoms with Gasteiger partial charge in [-0.1, -0.05) is 13.0 Å². The molecular formula is C20H24N2O4. The molecule has 0 saturated carbocycles. The number of hydrogen-bond acceptors (Lipinski definition) is 6. The molecule has 0 saturated heterocycles. The summed E-state index contributed by atoms with van der Waals surface area (Å²) < 4.78 is 16.2. The zero-order valence-corrected chi connectivity index (χ0v) is 15.8. The number of rotatable bonds is 5. The molecule has 1 aromatic carbocycles. The normalized spacial score (nSPS) is 16.8. The standard InChI is InChI=1S/C20H24N2O4/c1-6-15-18(20(23)25-7-2)17(14(10-21)19(22)26-15)13-8-9-16(24-5)12(4)11(13)3/h8-9,17H,6-7,22H2,1-5H3. The molecule has 0 aromatic heterocycles. The summed E-state index contributed by atoms with van der Waals surface area (Å²) in [4.78, 5) is 12.7. The summed E-state index contributed by atoms with van der Waals surface area (Å²) in [5.74, 6) is 0.0639. The van der Waals surface area contributed by atoms with E-state index in [1.165, 1.54) is 0 Å². The third-order valence-electron chi connectivity index (χ3n) is 4.62. The van der Waals surface area contributed by atoms with E-state index in [0.717, 1.165) is 22.4 Å². The van der Waals surface area contributed by atoms with Gasteiger partial charge in [0.2, 0.25) is 5.88 Å². The monoisotopic (exact) mass is 356 g/mol. The van der Waals surface area contributed by atoms with Gasteiger partial charge in [-0.25, -0.2) is 4.79 Å². The van der Waals surface area contributed by atoms with Crippen LogP contribution in [-0.2, 0) is 14.3 Å². The van der Waals surface area contributed by atoms with Gasteiger partial charge < -0.3 is 19.9 Å². The number of benzene rings is 1. The van der Waals surface area contributed by atoms with Crippen molar-refractivity contribution in [2.75, 3.05) is 13.7 Å². The first kappa shape index (κ1) is 19.4.